The molecule has 4 nitrogen and oxygen atoms in total. The maximum atomic E-state index is 8.89. The molecule has 82 valence electrons. The van der Waals surface area contributed by atoms with E-state index in [4.69, 9.17) is 23.2 Å². The molecule has 0 aliphatic carbocycles. The zero-order valence-corrected chi connectivity index (χ0v) is 9.20. The molecule has 0 amide bonds. The van der Waals surface area contributed by atoms with Crippen LogP contribution in [0.5, 0.6) is 0 Å². The third kappa shape index (κ3) is 3.83. The second kappa shape index (κ2) is 6.34. The first kappa shape index (κ1) is 11.9. The highest BCUT2D eigenvalue weighted by atomic mass is 32.1. The highest BCUT2D eigenvalue weighted by Gasteiger charge is 2.07. The molecular weight excluding hydrogens is 210 g/mol. The van der Waals surface area contributed by atoms with Crippen LogP contribution in [-0.2, 0) is 6.54 Å². The maximum Gasteiger partial charge on any atom is 0.183 e. The molecule has 0 radical (unpaired) electrons. The van der Waals surface area contributed by atoms with Crippen molar-refractivity contribution in [1.82, 2.24) is 10.3 Å². The minimum atomic E-state index is 0.0503. The topological polar surface area (TPSA) is 61.5 Å². The van der Waals surface area contributed by atoms with Crippen molar-refractivity contribution in [2.75, 3.05) is 13.2 Å². The van der Waals surface area contributed by atoms with E-state index in [0.717, 1.165) is 5.56 Å². The summed E-state index contributed by atoms with van der Waals surface area (Å²) in [4.78, 5) is 1.81. The molecule has 0 heterocycles. The van der Waals surface area contributed by atoms with Gasteiger partial charge in [0.25, 0.3) is 0 Å². The minimum Gasteiger partial charge on any atom is -0.395 e. The SMILES string of the molecule is NNC(=S)N(CCO)Cc1ccccc1. The summed E-state index contributed by atoms with van der Waals surface area (Å²) in [5.41, 5.74) is 3.54. The summed E-state index contributed by atoms with van der Waals surface area (Å²) < 4.78 is 0. The number of hydrogen-bond acceptors (Lipinski definition) is 3. The van der Waals surface area contributed by atoms with E-state index < -0.39 is 0 Å². The number of hydrazine groups is 1. The van der Waals surface area contributed by atoms with Crippen LogP contribution in [0.15, 0.2) is 30.3 Å². The first-order chi connectivity index (χ1) is 7.27. The van der Waals surface area contributed by atoms with Gasteiger partial charge in [0.05, 0.1) is 6.61 Å². The van der Waals surface area contributed by atoms with Crippen molar-refractivity contribution < 1.29 is 5.11 Å². The Morgan fingerprint density at radius 1 is 1.40 bits per heavy atom. The number of hydrogen-bond donors (Lipinski definition) is 3. The summed E-state index contributed by atoms with van der Waals surface area (Å²) in [5, 5.41) is 9.33. The highest BCUT2D eigenvalue weighted by Crippen LogP contribution is 2.04. The molecule has 15 heavy (non-hydrogen) atoms. The van der Waals surface area contributed by atoms with Crippen LogP contribution in [0.4, 0.5) is 0 Å². The van der Waals surface area contributed by atoms with Crippen molar-refractivity contribution in [2.24, 2.45) is 5.84 Å². The van der Waals surface area contributed by atoms with Crippen molar-refractivity contribution in [3.63, 3.8) is 0 Å². The molecule has 0 unspecified atom stereocenters. The monoisotopic (exact) mass is 225 g/mol. The summed E-state index contributed by atoms with van der Waals surface area (Å²) in [5.74, 6) is 5.24. The Balaban J connectivity index is 2.62. The Morgan fingerprint density at radius 3 is 2.60 bits per heavy atom. The fourth-order valence-corrected chi connectivity index (χ4v) is 1.42. The molecular formula is C10H15N3OS. The lowest BCUT2D eigenvalue weighted by Crippen LogP contribution is -2.43. The molecule has 0 saturated heterocycles. The zero-order valence-electron chi connectivity index (χ0n) is 8.39. The van der Waals surface area contributed by atoms with Gasteiger partial charge in [0.1, 0.15) is 0 Å². The average molecular weight is 225 g/mol. The van der Waals surface area contributed by atoms with Crippen LogP contribution in [0, 0.1) is 0 Å². The lowest BCUT2D eigenvalue weighted by Gasteiger charge is -2.23. The normalized spacial score (nSPS) is 9.73. The predicted molar refractivity (Wildman–Crippen MR) is 63.9 cm³/mol. The van der Waals surface area contributed by atoms with E-state index in [-0.39, 0.29) is 6.61 Å². The molecule has 4 N–H and O–H groups in total. The van der Waals surface area contributed by atoms with E-state index in [0.29, 0.717) is 18.2 Å². The van der Waals surface area contributed by atoms with Gasteiger partial charge in [-0.3, -0.25) is 0 Å². The number of thiocarbonyl (C=S) groups is 1. The molecule has 0 aliphatic heterocycles. The van der Waals surface area contributed by atoms with Crippen molar-refractivity contribution >= 4 is 17.3 Å². The molecule has 1 rings (SSSR count). The first-order valence-corrected chi connectivity index (χ1v) is 5.09. The molecule has 0 aliphatic rings. The minimum absolute atomic E-state index is 0.0503. The second-order valence-corrected chi connectivity index (χ2v) is 3.47. The van der Waals surface area contributed by atoms with Crippen molar-refractivity contribution in [3.8, 4) is 0 Å². The van der Waals surface area contributed by atoms with Crippen LogP contribution in [0.1, 0.15) is 5.56 Å². The summed E-state index contributed by atoms with van der Waals surface area (Å²) in [6.45, 7) is 1.16. The number of aliphatic hydroxyl groups excluding tert-OH is 1. The van der Waals surface area contributed by atoms with Crippen molar-refractivity contribution in [2.45, 2.75) is 6.54 Å². The lowest BCUT2D eigenvalue weighted by molar-refractivity contribution is 0.245. The largest absolute Gasteiger partial charge is 0.395 e. The fourth-order valence-electron chi connectivity index (χ4n) is 1.27. The fraction of sp³-hybridized carbons (Fsp3) is 0.300. The van der Waals surface area contributed by atoms with Gasteiger partial charge in [-0.25, -0.2) is 5.84 Å². The molecule has 0 atom stereocenters. The van der Waals surface area contributed by atoms with E-state index in [2.05, 4.69) is 5.43 Å². The number of nitrogens with zero attached hydrogens (tertiary/aromatic N) is 1. The van der Waals surface area contributed by atoms with Gasteiger partial charge in [0, 0.05) is 13.1 Å². The molecule has 0 spiro atoms. The van der Waals surface area contributed by atoms with Crippen LogP contribution in [0.3, 0.4) is 0 Å². The Kier molecular flexibility index (Phi) is 5.03. The van der Waals surface area contributed by atoms with E-state index in [1.165, 1.54) is 0 Å². The molecule has 5 heteroatoms. The Hall–Kier alpha value is -1.17. The van der Waals surface area contributed by atoms with Gasteiger partial charge in [-0.1, -0.05) is 30.3 Å². The summed E-state index contributed by atoms with van der Waals surface area (Å²) >= 11 is 5.02. The first-order valence-electron chi connectivity index (χ1n) is 4.68. The molecule has 1 aromatic carbocycles. The van der Waals surface area contributed by atoms with Gasteiger partial charge in [0.2, 0.25) is 0 Å². The van der Waals surface area contributed by atoms with Gasteiger partial charge in [-0.2, -0.15) is 0 Å². The average Bonchev–Trinajstić information content (AvgIpc) is 2.29. The second-order valence-electron chi connectivity index (χ2n) is 3.08. The number of benzene rings is 1. The van der Waals surface area contributed by atoms with Gasteiger partial charge in [-0.05, 0) is 17.8 Å². The van der Waals surface area contributed by atoms with E-state index in [1.807, 2.05) is 35.2 Å². The Morgan fingerprint density at radius 2 is 2.07 bits per heavy atom. The van der Waals surface area contributed by atoms with Crippen LogP contribution in [0.2, 0.25) is 0 Å². The van der Waals surface area contributed by atoms with Crippen molar-refractivity contribution in [1.29, 1.82) is 0 Å². The Bertz CT molecular complexity index is 305. The molecule has 0 saturated carbocycles. The summed E-state index contributed by atoms with van der Waals surface area (Å²) in [7, 11) is 0. The number of aliphatic hydroxyl groups is 1. The predicted octanol–water partition coefficient (Wildman–Crippen LogP) is 0.229. The van der Waals surface area contributed by atoms with Gasteiger partial charge in [-0.15, -0.1) is 0 Å². The molecule has 0 bridgehead atoms. The molecule has 0 fully saturated rings. The van der Waals surface area contributed by atoms with Gasteiger partial charge < -0.3 is 15.4 Å². The standard InChI is InChI=1S/C10H15N3OS/c11-12-10(15)13(6-7-14)8-9-4-2-1-3-5-9/h1-5,14H,6-8,11H2,(H,12,15). The summed E-state index contributed by atoms with van der Waals surface area (Å²) in [6.07, 6.45) is 0. The van der Waals surface area contributed by atoms with Crippen LogP contribution in [-0.4, -0.2) is 28.3 Å². The van der Waals surface area contributed by atoms with Crippen LogP contribution in [0.25, 0.3) is 0 Å². The van der Waals surface area contributed by atoms with E-state index >= 15 is 0 Å². The smallest absolute Gasteiger partial charge is 0.183 e. The summed E-state index contributed by atoms with van der Waals surface area (Å²) in [6, 6.07) is 9.89. The van der Waals surface area contributed by atoms with Crippen LogP contribution >= 0.6 is 12.2 Å². The number of nitrogens with two attached hydrogens (primary N) is 1. The van der Waals surface area contributed by atoms with Crippen molar-refractivity contribution in [3.05, 3.63) is 35.9 Å². The number of nitrogens with one attached hydrogen (secondary N) is 1. The third-order valence-electron chi connectivity index (χ3n) is 2.00. The zero-order chi connectivity index (χ0) is 11.1. The maximum absolute atomic E-state index is 8.89. The van der Waals surface area contributed by atoms with E-state index in [9.17, 15) is 0 Å². The quantitative estimate of drug-likeness (QED) is 0.389. The van der Waals surface area contributed by atoms with Gasteiger partial charge in [0.15, 0.2) is 5.11 Å². The lowest BCUT2D eigenvalue weighted by atomic mass is 10.2. The van der Waals surface area contributed by atoms with E-state index in [1.54, 1.807) is 0 Å². The van der Waals surface area contributed by atoms with Gasteiger partial charge >= 0.3 is 0 Å². The highest BCUT2D eigenvalue weighted by molar-refractivity contribution is 7.80. The molecule has 0 aromatic heterocycles. The third-order valence-corrected chi connectivity index (χ3v) is 2.37. The molecule has 1 aromatic rings. The Labute approximate surface area is 94.7 Å². The van der Waals surface area contributed by atoms with Crippen LogP contribution < -0.4 is 11.3 Å². The number of rotatable bonds is 4.